The third kappa shape index (κ3) is 6.42. The van der Waals surface area contributed by atoms with Crippen LogP contribution in [0.25, 0.3) is 0 Å². The van der Waals surface area contributed by atoms with Crippen LogP contribution in [0.5, 0.6) is 11.5 Å². The molecule has 2 atom stereocenters. The SMILES string of the molecule is COC(=O)Nc1ccc(S(=O)(=O)C(C)C)c(C2CCCN2C(=O)[C@H](Nc2ccc3c(c2F)C(=O)NC3)c2ccc(OC)c(OC)c2)c1. The van der Waals surface area contributed by atoms with Crippen LogP contribution in [0, 0.1) is 5.82 Å². The molecule has 47 heavy (non-hydrogen) atoms. The second-order valence-corrected chi connectivity index (χ2v) is 14.0. The highest BCUT2D eigenvalue weighted by atomic mass is 32.2. The number of hydrogen-bond donors (Lipinski definition) is 3. The van der Waals surface area contributed by atoms with E-state index in [0.29, 0.717) is 46.7 Å². The Morgan fingerprint density at radius 2 is 1.77 bits per heavy atom. The Hall–Kier alpha value is -4.85. The molecular weight excluding hydrogens is 631 g/mol. The Kier molecular flexibility index (Phi) is 9.61. The molecule has 3 amide bonds. The van der Waals surface area contributed by atoms with Gasteiger partial charge in [0.05, 0.1) is 48.8 Å². The number of hydrogen-bond acceptors (Lipinski definition) is 9. The molecule has 0 aliphatic carbocycles. The lowest BCUT2D eigenvalue weighted by Gasteiger charge is -2.32. The number of likely N-dealkylation sites (tertiary alicyclic amines) is 1. The molecule has 1 saturated heterocycles. The summed E-state index contributed by atoms with van der Waals surface area (Å²) in [5.41, 5.74) is 1.40. The number of nitrogens with zero attached hydrogens (tertiary/aromatic N) is 1. The molecule has 0 spiro atoms. The van der Waals surface area contributed by atoms with Gasteiger partial charge in [0.2, 0.25) is 5.91 Å². The van der Waals surface area contributed by atoms with Crippen molar-refractivity contribution in [2.24, 2.45) is 0 Å². The first-order valence-electron chi connectivity index (χ1n) is 15.0. The van der Waals surface area contributed by atoms with Crippen molar-refractivity contribution in [1.29, 1.82) is 0 Å². The monoisotopic (exact) mass is 668 g/mol. The minimum atomic E-state index is -3.81. The Labute approximate surface area is 272 Å². The number of rotatable bonds is 10. The van der Waals surface area contributed by atoms with E-state index < -0.39 is 50.9 Å². The molecule has 250 valence electrons. The lowest BCUT2D eigenvalue weighted by Crippen LogP contribution is -2.38. The van der Waals surface area contributed by atoms with E-state index in [1.165, 1.54) is 39.5 Å². The maximum absolute atomic E-state index is 15.8. The van der Waals surface area contributed by atoms with Crippen LogP contribution in [0.3, 0.4) is 0 Å². The van der Waals surface area contributed by atoms with Crippen molar-refractivity contribution < 1.29 is 41.4 Å². The Morgan fingerprint density at radius 1 is 1.02 bits per heavy atom. The largest absolute Gasteiger partial charge is 0.493 e. The van der Waals surface area contributed by atoms with Crippen molar-refractivity contribution in [3.05, 3.63) is 76.6 Å². The summed E-state index contributed by atoms with van der Waals surface area (Å²) >= 11 is 0. The highest BCUT2D eigenvalue weighted by Crippen LogP contribution is 2.41. The molecule has 1 fully saturated rings. The van der Waals surface area contributed by atoms with Gasteiger partial charge in [-0.15, -0.1) is 0 Å². The van der Waals surface area contributed by atoms with Gasteiger partial charge in [-0.3, -0.25) is 14.9 Å². The van der Waals surface area contributed by atoms with Crippen LogP contribution in [-0.2, 0) is 25.9 Å². The van der Waals surface area contributed by atoms with Crippen LogP contribution in [-0.4, -0.2) is 64.3 Å². The van der Waals surface area contributed by atoms with E-state index in [1.54, 1.807) is 49.1 Å². The molecule has 5 rings (SSSR count). The highest BCUT2D eigenvalue weighted by Gasteiger charge is 2.39. The number of ether oxygens (including phenoxy) is 3. The number of benzene rings is 3. The first-order valence-corrected chi connectivity index (χ1v) is 16.6. The van der Waals surface area contributed by atoms with E-state index in [0.717, 1.165) is 0 Å². The lowest BCUT2D eigenvalue weighted by molar-refractivity contribution is -0.133. The number of methoxy groups -OCH3 is 3. The topological polar surface area (TPSA) is 152 Å². The summed E-state index contributed by atoms with van der Waals surface area (Å²) in [5.74, 6) is -1.05. The van der Waals surface area contributed by atoms with E-state index >= 15 is 4.39 Å². The lowest BCUT2D eigenvalue weighted by atomic mass is 10.00. The third-order valence-electron chi connectivity index (χ3n) is 8.45. The number of nitrogens with one attached hydrogen (secondary N) is 3. The van der Waals surface area contributed by atoms with Gasteiger partial charge < -0.3 is 29.7 Å². The number of carbonyl (C=O) groups is 3. The van der Waals surface area contributed by atoms with Gasteiger partial charge in [0.15, 0.2) is 27.2 Å². The molecule has 2 aliphatic rings. The average molecular weight is 669 g/mol. The van der Waals surface area contributed by atoms with Crippen molar-refractivity contribution in [3.8, 4) is 11.5 Å². The van der Waals surface area contributed by atoms with Gasteiger partial charge in [-0.05, 0) is 79.8 Å². The van der Waals surface area contributed by atoms with Crippen molar-refractivity contribution in [3.63, 3.8) is 0 Å². The van der Waals surface area contributed by atoms with E-state index in [1.807, 2.05) is 0 Å². The zero-order chi connectivity index (χ0) is 34.0. The maximum Gasteiger partial charge on any atom is 0.411 e. The zero-order valence-corrected chi connectivity index (χ0v) is 27.5. The summed E-state index contributed by atoms with van der Waals surface area (Å²) < 4.78 is 58.4. The van der Waals surface area contributed by atoms with Gasteiger partial charge in [-0.25, -0.2) is 17.6 Å². The number of sulfone groups is 1. The fourth-order valence-electron chi connectivity index (χ4n) is 5.95. The molecule has 0 bridgehead atoms. The molecule has 3 N–H and O–H groups in total. The molecule has 12 nitrogen and oxygen atoms in total. The van der Waals surface area contributed by atoms with E-state index in [-0.39, 0.29) is 29.2 Å². The first kappa shape index (κ1) is 33.5. The zero-order valence-electron chi connectivity index (χ0n) is 26.7. The van der Waals surface area contributed by atoms with Gasteiger partial charge in [0.25, 0.3) is 5.91 Å². The molecule has 2 heterocycles. The van der Waals surface area contributed by atoms with Gasteiger partial charge in [0.1, 0.15) is 6.04 Å². The summed E-state index contributed by atoms with van der Waals surface area (Å²) in [6.45, 7) is 3.61. The Morgan fingerprint density at radius 3 is 2.45 bits per heavy atom. The minimum Gasteiger partial charge on any atom is -0.493 e. The van der Waals surface area contributed by atoms with E-state index in [2.05, 4.69) is 16.0 Å². The molecule has 0 radical (unpaired) electrons. The standard InChI is InChI=1S/C33H37FN4O8S/c1-18(2)47(42,43)27-13-10-21(36-33(41)46-5)16-22(27)24-7-6-14-38(24)32(40)30(19-9-12-25(44-3)26(15-19)45-4)37-23-11-8-20-17-35-31(39)28(20)29(23)34/h8-13,15-16,18,24,30,37H,6-7,14,17H2,1-5H3,(H,35,39)(H,36,41)/t24?,30-/m1/s1. The smallest absolute Gasteiger partial charge is 0.411 e. The first-order chi connectivity index (χ1) is 22.4. The summed E-state index contributed by atoms with van der Waals surface area (Å²) in [6, 6.07) is 10.5. The number of fused-ring (bicyclic) bond motifs is 1. The second-order valence-electron chi connectivity index (χ2n) is 11.5. The normalized spacial score (nSPS) is 16.4. The number of halogens is 1. The predicted molar refractivity (Wildman–Crippen MR) is 172 cm³/mol. The summed E-state index contributed by atoms with van der Waals surface area (Å²) in [6.07, 6.45) is 0.246. The summed E-state index contributed by atoms with van der Waals surface area (Å²) in [5, 5.41) is 7.45. The molecule has 1 unspecified atom stereocenters. The summed E-state index contributed by atoms with van der Waals surface area (Å²) in [4.78, 5) is 40.7. The molecule has 0 aromatic heterocycles. The average Bonchev–Trinajstić information content (AvgIpc) is 3.71. The van der Waals surface area contributed by atoms with Crippen LogP contribution < -0.4 is 25.4 Å². The van der Waals surface area contributed by atoms with Crippen LogP contribution in [0.15, 0.2) is 53.4 Å². The van der Waals surface area contributed by atoms with Crippen LogP contribution in [0.1, 0.15) is 65.8 Å². The van der Waals surface area contributed by atoms with Gasteiger partial charge >= 0.3 is 6.09 Å². The fourth-order valence-corrected chi connectivity index (χ4v) is 7.24. The van der Waals surface area contributed by atoms with E-state index in [9.17, 15) is 22.8 Å². The van der Waals surface area contributed by atoms with Crippen molar-refractivity contribution >= 4 is 39.1 Å². The van der Waals surface area contributed by atoms with Crippen LogP contribution >= 0.6 is 0 Å². The minimum absolute atomic E-state index is 0.0407. The Balaban J connectivity index is 1.61. The Bertz CT molecular complexity index is 1830. The second kappa shape index (κ2) is 13.5. The van der Waals surface area contributed by atoms with Gasteiger partial charge in [-0.1, -0.05) is 12.1 Å². The summed E-state index contributed by atoms with van der Waals surface area (Å²) in [7, 11) is 0.324. The number of amides is 3. The molecule has 14 heteroatoms. The molecule has 0 saturated carbocycles. The molecule has 3 aromatic carbocycles. The molecular formula is C33H37FN4O8S. The highest BCUT2D eigenvalue weighted by molar-refractivity contribution is 7.92. The van der Waals surface area contributed by atoms with Crippen molar-refractivity contribution in [1.82, 2.24) is 10.2 Å². The number of carbonyl (C=O) groups excluding carboxylic acids is 3. The quantitative estimate of drug-likeness (QED) is 0.272. The van der Waals surface area contributed by atoms with Crippen LogP contribution in [0.4, 0.5) is 20.6 Å². The third-order valence-corrected chi connectivity index (χ3v) is 10.7. The van der Waals surface area contributed by atoms with Crippen molar-refractivity contribution in [2.75, 3.05) is 38.5 Å². The van der Waals surface area contributed by atoms with Gasteiger partial charge in [0, 0.05) is 18.8 Å². The molecule has 3 aromatic rings. The predicted octanol–water partition coefficient (Wildman–Crippen LogP) is 4.96. The van der Waals surface area contributed by atoms with Crippen LogP contribution in [0.2, 0.25) is 0 Å². The fraction of sp³-hybridized carbons (Fsp3) is 0.364. The molecule has 2 aliphatic heterocycles. The number of anilines is 2. The van der Waals surface area contributed by atoms with Crippen molar-refractivity contribution in [2.45, 2.75) is 55.5 Å². The van der Waals surface area contributed by atoms with E-state index in [4.69, 9.17) is 14.2 Å². The van der Waals surface area contributed by atoms with Gasteiger partial charge in [-0.2, -0.15) is 0 Å². The maximum atomic E-state index is 15.8.